The van der Waals surface area contributed by atoms with E-state index in [0.717, 1.165) is 18.2 Å². The third kappa shape index (κ3) is 2.77. The Morgan fingerprint density at radius 1 is 1.47 bits per heavy atom. The van der Waals surface area contributed by atoms with Crippen molar-refractivity contribution in [2.75, 3.05) is 7.11 Å². The van der Waals surface area contributed by atoms with Crippen molar-refractivity contribution in [1.29, 1.82) is 0 Å². The van der Waals surface area contributed by atoms with E-state index in [0.29, 0.717) is 6.07 Å². The molecule has 0 radical (unpaired) electrons. The molecule has 15 heavy (non-hydrogen) atoms. The summed E-state index contributed by atoms with van der Waals surface area (Å²) in [6, 6.07) is 1.65. The molecule has 0 saturated heterocycles. The average molecular weight is 214 g/mol. The lowest BCUT2D eigenvalue weighted by molar-refractivity contribution is -0.131. The van der Waals surface area contributed by atoms with Crippen LogP contribution in [0.5, 0.6) is 5.75 Å². The summed E-state index contributed by atoms with van der Waals surface area (Å²) in [5.41, 5.74) is 0.0393. The summed E-state index contributed by atoms with van der Waals surface area (Å²) in [4.78, 5) is 10.2. The van der Waals surface area contributed by atoms with Gasteiger partial charge in [0.1, 0.15) is 5.82 Å². The van der Waals surface area contributed by atoms with Gasteiger partial charge in [-0.15, -0.1) is 0 Å². The zero-order chi connectivity index (χ0) is 11.4. The van der Waals surface area contributed by atoms with Crippen LogP contribution in [0.4, 0.5) is 8.78 Å². The highest BCUT2D eigenvalue weighted by Crippen LogP contribution is 2.24. The van der Waals surface area contributed by atoms with Gasteiger partial charge in [-0.05, 0) is 12.1 Å². The van der Waals surface area contributed by atoms with Gasteiger partial charge in [-0.25, -0.2) is 13.6 Å². The number of halogens is 2. The van der Waals surface area contributed by atoms with Crippen LogP contribution < -0.4 is 4.74 Å². The molecule has 1 rings (SSSR count). The molecule has 5 heteroatoms. The summed E-state index contributed by atoms with van der Waals surface area (Å²) in [6.45, 7) is 0. The maximum atomic E-state index is 13.1. The van der Waals surface area contributed by atoms with Gasteiger partial charge in [0.15, 0.2) is 11.6 Å². The predicted octanol–water partition coefficient (Wildman–Crippen LogP) is 2.07. The lowest BCUT2D eigenvalue weighted by Crippen LogP contribution is -1.94. The summed E-state index contributed by atoms with van der Waals surface area (Å²) in [7, 11) is 1.22. The standard InChI is InChI=1S/C10H8F2O3/c1-15-10-6(2-3-9(13)14)4-7(11)5-8(10)12/h2-5H,1H3,(H,13,14)/b3-2+. The molecule has 0 aliphatic rings. The Hall–Kier alpha value is -1.91. The molecule has 0 heterocycles. The maximum Gasteiger partial charge on any atom is 0.328 e. The van der Waals surface area contributed by atoms with Crippen molar-refractivity contribution in [2.24, 2.45) is 0 Å². The van der Waals surface area contributed by atoms with Gasteiger partial charge in [0, 0.05) is 17.7 Å². The van der Waals surface area contributed by atoms with E-state index in [9.17, 15) is 13.6 Å². The molecule has 0 saturated carbocycles. The molecule has 0 spiro atoms. The predicted molar refractivity (Wildman–Crippen MR) is 49.6 cm³/mol. The van der Waals surface area contributed by atoms with Crippen LogP contribution in [-0.2, 0) is 4.79 Å². The number of carbonyl (C=O) groups is 1. The Morgan fingerprint density at radius 3 is 2.67 bits per heavy atom. The molecule has 3 nitrogen and oxygen atoms in total. The van der Waals surface area contributed by atoms with E-state index in [1.54, 1.807) is 0 Å². The molecule has 1 aromatic carbocycles. The quantitative estimate of drug-likeness (QED) is 0.783. The van der Waals surface area contributed by atoms with Crippen LogP contribution in [-0.4, -0.2) is 18.2 Å². The van der Waals surface area contributed by atoms with Gasteiger partial charge in [0.05, 0.1) is 7.11 Å². The van der Waals surface area contributed by atoms with E-state index in [1.165, 1.54) is 7.11 Å². The highest BCUT2D eigenvalue weighted by atomic mass is 19.1. The number of carboxylic acid groups (broad SMARTS) is 1. The van der Waals surface area contributed by atoms with Gasteiger partial charge < -0.3 is 9.84 Å². The molecule has 0 aliphatic carbocycles. The van der Waals surface area contributed by atoms with Gasteiger partial charge >= 0.3 is 5.97 Å². The molecule has 0 aromatic heterocycles. The SMILES string of the molecule is COc1c(F)cc(F)cc1/C=C/C(=O)O. The Labute approximate surface area is 84.6 Å². The lowest BCUT2D eigenvalue weighted by atomic mass is 10.1. The van der Waals surface area contributed by atoms with Crippen LogP contribution in [0.25, 0.3) is 6.08 Å². The zero-order valence-electron chi connectivity index (χ0n) is 7.83. The first-order valence-electron chi connectivity index (χ1n) is 3.98. The number of rotatable bonds is 3. The molecule has 0 aliphatic heterocycles. The van der Waals surface area contributed by atoms with E-state index >= 15 is 0 Å². The van der Waals surface area contributed by atoms with Crippen molar-refractivity contribution in [3.63, 3.8) is 0 Å². The molecular weight excluding hydrogens is 206 g/mol. The monoisotopic (exact) mass is 214 g/mol. The Bertz CT molecular complexity index is 413. The van der Waals surface area contributed by atoms with Crippen LogP contribution in [0, 0.1) is 11.6 Å². The molecule has 0 fully saturated rings. The molecule has 0 bridgehead atoms. The number of hydrogen-bond acceptors (Lipinski definition) is 2. The van der Waals surface area contributed by atoms with Crippen molar-refractivity contribution in [3.05, 3.63) is 35.4 Å². The topological polar surface area (TPSA) is 46.5 Å². The highest BCUT2D eigenvalue weighted by molar-refractivity contribution is 5.85. The first-order valence-corrected chi connectivity index (χ1v) is 3.98. The van der Waals surface area contributed by atoms with Crippen LogP contribution >= 0.6 is 0 Å². The number of ether oxygens (including phenoxy) is 1. The summed E-state index contributed by atoms with van der Waals surface area (Å²) in [5, 5.41) is 8.36. The largest absolute Gasteiger partial charge is 0.493 e. The minimum Gasteiger partial charge on any atom is -0.493 e. The second-order valence-corrected chi connectivity index (χ2v) is 2.68. The summed E-state index contributed by atoms with van der Waals surface area (Å²) >= 11 is 0. The molecule has 0 atom stereocenters. The first-order chi connectivity index (χ1) is 7.04. The van der Waals surface area contributed by atoms with Crippen molar-refractivity contribution < 1.29 is 23.4 Å². The van der Waals surface area contributed by atoms with Gasteiger partial charge in [-0.2, -0.15) is 0 Å². The zero-order valence-corrected chi connectivity index (χ0v) is 7.83. The second kappa shape index (κ2) is 4.54. The van der Waals surface area contributed by atoms with E-state index in [2.05, 4.69) is 4.74 Å². The number of hydrogen-bond donors (Lipinski definition) is 1. The van der Waals surface area contributed by atoms with E-state index < -0.39 is 17.6 Å². The summed E-state index contributed by atoms with van der Waals surface area (Å²) < 4.78 is 30.6. The smallest absolute Gasteiger partial charge is 0.328 e. The van der Waals surface area contributed by atoms with Crippen molar-refractivity contribution >= 4 is 12.0 Å². The molecule has 0 unspecified atom stereocenters. The fraction of sp³-hybridized carbons (Fsp3) is 0.100. The van der Waals surface area contributed by atoms with Gasteiger partial charge in [-0.1, -0.05) is 0 Å². The summed E-state index contributed by atoms with van der Waals surface area (Å²) in [5.74, 6) is -3.06. The highest BCUT2D eigenvalue weighted by Gasteiger charge is 2.09. The molecular formula is C10H8F2O3. The average Bonchev–Trinajstić information content (AvgIpc) is 2.13. The third-order valence-corrected chi connectivity index (χ3v) is 1.65. The minimum atomic E-state index is -1.21. The number of benzene rings is 1. The van der Waals surface area contributed by atoms with Crippen LogP contribution in [0.3, 0.4) is 0 Å². The molecule has 0 amide bonds. The number of aliphatic carboxylic acids is 1. The van der Waals surface area contributed by atoms with Gasteiger partial charge in [0.25, 0.3) is 0 Å². The van der Waals surface area contributed by atoms with Crippen molar-refractivity contribution in [1.82, 2.24) is 0 Å². The van der Waals surface area contributed by atoms with Crippen LogP contribution in [0.2, 0.25) is 0 Å². The lowest BCUT2D eigenvalue weighted by Gasteiger charge is -2.05. The van der Waals surface area contributed by atoms with E-state index in [4.69, 9.17) is 5.11 Å². The molecule has 1 aromatic rings. The van der Waals surface area contributed by atoms with Gasteiger partial charge in [-0.3, -0.25) is 0 Å². The molecule has 1 N–H and O–H groups in total. The Balaban J connectivity index is 3.20. The number of carboxylic acids is 1. The first kappa shape index (κ1) is 11.2. The van der Waals surface area contributed by atoms with Crippen molar-refractivity contribution in [3.8, 4) is 5.75 Å². The Morgan fingerprint density at radius 2 is 2.13 bits per heavy atom. The van der Waals surface area contributed by atoms with Crippen molar-refractivity contribution in [2.45, 2.75) is 0 Å². The summed E-state index contributed by atoms with van der Waals surface area (Å²) in [6.07, 6.45) is 1.84. The Kier molecular flexibility index (Phi) is 3.38. The molecule has 80 valence electrons. The minimum absolute atomic E-state index is 0.0393. The normalized spacial score (nSPS) is 10.6. The van der Waals surface area contributed by atoms with E-state index in [1.807, 2.05) is 0 Å². The van der Waals surface area contributed by atoms with E-state index in [-0.39, 0.29) is 11.3 Å². The van der Waals surface area contributed by atoms with Crippen LogP contribution in [0.15, 0.2) is 18.2 Å². The van der Waals surface area contributed by atoms with Crippen LogP contribution in [0.1, 0.15) is 5.56 Å². The second-order valence-electron chi connectivity index (χ2n) is 2.68. The fourth-order valence-corrected chi connectivity index (χ4v) is 1.08. The van der Waals surface area contributed by atoms with Gasteiger partial charge in [0.2, 0.25) is 0 Å². The maximum absolute atomic E-state index is 13.1. The fourth-order valence-electron chi connectivity index (χ4n) is 1.08. The third-order valence-electron chi connectivity index (χ3n) is 1.65. The number of methoxy groups -OCH3 is 1.